The molecule has 0 aromatic heterocycles. The zero-order chi connectivity index (χ0) is 9.42. The van der Waals surface area contributed by atoms with Gasteiger partial charge < -0.3 is 4.90 Å². The van der Waals surface area contributed by atoms with E-state index in [1.807, 2.05) is 0 Å². The first-order chi connectivity index (χ1) is 6.22. The lowest BCUT2D eigenvalue weighted by Crippen LogP contribution is -2.26. The second-order valence-corrected chi connectivity index (χ2v) is 3.47. The van der Waals surface area contributed by atoms with Crippen molar-refractivity contribution in [1.29, 1.82) is 0 Å². The van der Waals surface area contributed by atoms with E-state index in [9.17, 15) is 9.59 Å². The molecule has 0 aromatic rings. The van der Waals surface area contributed by atoms with Crippen molar-refractivity contribution in [3.05, 3.63) is 24.3 Å². The summed E-state index contributed by atoms with van der Waals surface area (Å²) in [4.78, 5) is 24.3. The van der Waals surface area contributed by atoms with Gasteiger partial charge in [0.15, 0.2) is 5.78 Å². The number of amides is 1. The third-order valence-corrected chi connectivity index (χ3v) is 2.53. The maximum atomic E-state index is 11.6. The molecule has 1 fully saturated rings. The van der Waals surface area contributed by atoms with Gasteiger partial charge in [-0.1, -0.05) is 6.08 Å². The summed E-state index contributed by atoms with van der Waals surface area (Å²) in [5, 5.41) is 0. The Hall–Kier alpha value is -1.38. The van der Waals surface area contributed by atoms with Crippen LogP contribution in [0, 0.1) is 5.92 Å². The number of allylic oxidation sites excluding steroid dienone is 1. The van der Waals surface area contributed by atoms with Gasteiger partial charge in [0, 0.05) is 31.0 Å². The van der Waals surface area contributed by atoms with E-state index in [1.54, 1.807) is 11.0 Å². The van der Waals surface area contributed by atoms with Gasteiger partial charge in [-0.2, -0.15) is 0 Å². The Morgan fingerprint density at radius 2 is 2.38 bits per heavy atom. The summed E-state index contributed by atoms with van der Waals surface area (Å²) in [7, 11) is 0. The third-order valence-electron chi connectivity index (χ3n) is 2.53. The first-order valence-electron chi connectivity index (χ1n) is 4.37. The summed E-state index contributed by atoms with van der Waals surface area (Å²) >= 11 is 0. The summed E-state index contributed by atoms with van der Waals surface area (Å²) in [6.07, 6.45) is 3.71. The average molecular weight is 177 g/mol. The zero-order valence-electron chi connectivity index (χ0n) is 7.32. The van der Waals surface area contributed by atoms with E-state index in [1.165, 1.54) is 6.08 Å². The van der Waals surface area contributed by atoms with E-state index in [-0.39, 0.29) is 17.6 Å². The van der Waals surface area contributed by atoms with Crippen LogP contribution in [0.2, 0.25) is 0 Å². The number of fused-ring (bicyclic) bond motifs is 1. The fourth-order valence-corrected chi connectivity index (χ4v) is 1.95. The first-order valence-corrected chi connectivity index (χ1v) is 4.37. The second kappa shape index (κ2) is 2.83. The molecule has 0 aromatic carbocycles. The minimum Gasteiger partial charge on any atom is -0.335 e. The zero-order valence-corrected chi connectivity index (χ0v) is 7.32. The lowest BCUT2D eigenvalue weighted by atomic mass is 10.1. The minimum atomic E-state index is 0.00995. The van der Waals surface area contributed by atoms with E-state index < -0.39 is 0 Å². The van der Waals surface area contributed by atoms with Crippen LogP contribution in [0.15, 0.2) is 24.3 Å². The molecular weight excluding hydrogens is 166 g/mol. The molecule has 13 heavy (non-hydrogen) atoms. The molecule has 0 saturated carbocycles. The van der Waals surface area contributed by atoms with Crippen molar-refractivity contribution in [3.8, 4) is 0 Å². The molecule has 0 spiro atoms. The summed E-state index contributed by atoms with van der Waals surface area (Å²) in [6.45, 7) is 4.85. The molecule has 1 heterocycles. The second-order valence-electron chi connectivity index (χ2n) is 3.47. The Morgan fingerprint density at radius 1 is 1.62 bits per heavy atom. The van der Waals surface area contributed by atoms with Crippen molar-refractivity contribution in [2.75, 3.05) is 13.1 Å². The van der Waals surface area contributed by atoms with Gasteiger partial charge in [0.2, 0.25) is 0 Å². The van der Waals surface area contributed by atoms with Crippen molar-refractivity contribution in [1.82, 2.24) is 4.90 Å². The van der Waals surface area contributed by atoms with Crippen LogP contribution < -0.4 is 0 Å². The Morgan fingerprint density at radius 3 is 3.00 bits per heavy atom. The van der Waals surface area contributed by atoms with Crippen LogP contribution in [-0.2, 0) is 9.59 Å². The summed E-state index contributed by atoms with van der Waals surface area (Å²) in [5.74, 6) is 0.252. The molecule has 1 aliphatic carbocycles. The fraction of sp³-hybridized carbons (Fsp3) is 0.400. The van der Waals surface area contributed by atoms with E-state index in [0.717, 1.165) is 0 Å². The number of hydrogen-bond donors (Lipinski definition) is 0. The topological polar surface area (TPSA) is 37.4 Å². The quantitative estimate of drug-likeness (QED) is 0.577. The number of hydrogen-bond acceptors (Lipinski definition) is 2. The summed E-state index contributed by atoms with van der Waals surface area (Å²) in [5.41, 5.74) is 0.701. The van der Waals surface area contributed by atoms with Gasteiger partial charge in [0.25, 0.3) is 5.91 Å². The average Bonchev–Trinajstić information content (AvgIpc) is 2.54. The fourth-order valence-electron chi connectivity index (χ4n) is 1.95. The molecule has 3 heteroatoms. The maximum absolute atomic E-state index is 11.6. The van der Waals surface area contributed by atoms with Gasteiger partial charge in [-0.05, 0) is 6.08 Å². The van der Waals surface area contributed by atoms with Gasteiger partial charge in [-0.15, -0.1) is 6.58 Å². The van der Waals surface area contributed by atoms with E-state index in [2.05, 4.69) is 6.58 Å². The molecule has 1 unspecified atom stereocenters. The number of carbonyl (C=O) groups is 2. The molecule has 2 aliphatic rings. The van der Waals surface area contributed by atoms with Gasteiger partial charge in [-0.25, -0.2) is 0 Å². The molecule has 0 radical (unpaired) electrons. The highest BCUT2D eigenvalue weighted by Gasteiger charge is 2.39. The molecule has 2 rings (SSSR count). The van der Waals surface area contributed by atoms with Crippen LogP contribution in [0.5, 0.6) is 0 Å². The number of nitrogens with zero attached hydrogens (tertiary/aromatic N) is 1. The minimum absolute atomic E-state index is 0.00995. The van der Waals surface area contributed by atoms with Gasteiger partial charge in [-0.3, -0.25) is 9.59 Å². The Balaban J connectivity index is 2.20. The normalized spacial score (nSPS) is 26.3. The smallest absolute Gasteiger partial charge is 0.250 e. The molecule has 1 atom stereocenters. The highest BCUT2D eigenvalue weighted by Crippen LogP contribution is 2.31. The molecule has 3 nitrogen and oxygen atoms in total. The lowest BCUT2D eigenvalue weighted by molar-refractivity contribution is -0.124. The molecule has 1 aliphatic heterocycles. The summed E-state index contributed by atoms with van der Waals surface area (Å²) < 4.78 is 0. The molecule has 1 amide bonds. The van der Waals surface area contributed by atoms with E-state index in [0.29, 0.717) is 25.1 Å². The third kappa shape index (κ3) is 1.20. The highest BCUT2D eigenvalue weighted by molar-refractivity contribution is 6.07. The van der Waals surface area contributed by atoms with Crippen molar-refractivity contribution < 1.29 is 9.59 Å². The van der Waals surface area contributed by atoms with Crippen molar-refractivity contribution in [3.63, 3.8) is 0 Å². The van der Waals surface area contributed by atoms with Gasteiger partial charge >= 0.3 is 0 Å². The molecule has 68 valence electrons. The predicted molar refractivity (Wildman–Crippen MR) is 48.0 cm³/mol. The highest BCUT2D eigenvalue weighted by atomic mass is 16.2. The standard InChI is InChI=1S/C10H11NO2/c1-2-3-11-6-7-4-8(12)5-9(7)10(11)13/h2,5,7H,1,3-4,6H2. The van der Waals surface area contributed by atoms with Crippen molar-refractivity contribution in [2.45, 2.75) is 6.42 Å². The monoisotopic (exact) mass is 177 g/mol. The Bertz CT molecular complexity index is 317. The van der Waals surface area contributed by atoms with E-state index in [4.69, 9.17) is 0 Å². The largest absolute Gasteiger partial charge is 0.335 e. The van der Waals surface area contributed by atoms with Crippen LogP contribution in [0.25, 0.3) is 0 Å². The SMILES string of the molecule is C=CCN1CC2CC(=O)C=C2C1=O. The number of likely N-dealkylation sites (tertiary alicyclic amines) is 1. The van der Waals surface area contributed by atoms with E-state index >= 15 is 0 Å². The molecule has 0 N–H and O–H groups in total. The van der Waals surface area contributed by atoms with Gasteiger partial charge in [0.05, 0.1) is 0 Å². The molecular formula is C10H11NO2. The molecule has 1 saturated heterocycles. The van der Waals surface area contributed by atoms with Crippen LogP contribution >= 0.6 is 0 Å². The Labute approximate surface area is 76.7 Å². The lowest BCUT2D eigenvalue weighted by Gasteiger charge is -2.12. The van der Waals surface area contributed by atoms with Crippen LogP contribution in [0.3, 0.4) is 0 Å². The predicted octanol–water partition coefficient (Wildman–Crippen LogP) is 0.530. The maximum Gasteiger partial charge on any atom is 0.250 e. The first kappa shape index (κ1) is 8.23. The number of rotatable bonds is 2. The number of ketones is 1. The van der Waals surface area contributed by atoms with Crippen molar-refractivity contribution >= 4 is 11.7 Å². The summed E-state index contributed by atoms with van der Waals surface area (Å²) in [6, 6.07) is 0. The van der Waals surface area contributed by atoms with Gasteiger partial charge in [0.1, 0.15) is 0 Å². The van der Waals surface area contributed by atoms with Crippen LogP contribution in [-0.4, -0.2) is 29.7 Å². The van der Waals surface area contributed by atoms with Crippen LogP contribution in [0.4, 0.5) is 0 Å². The Kier molecular flexibility index (Phi) is 1.79. The van der Waals surface area contributed by atoms with Crippen LogP contribution in [0.1, 0.15) is 6.42 Å². The number of carbonyl (C=O) groups excluding carboxylic acids is 2. The molecule has 0 bridgehead atoms. The van der Waals surface area contributed by atoms with Crippen molar-refractivity contribution in [2.24, 2.45) is 5.92 Å².